The molecular weight excluding hydrogens is 140 g/mol. The van der Waals surface area contributed by atoms with E-state index < -0.39 is 0 Å². The Balaban J connectivity index is 1.92. The van der Waals surface area contributed by atoms with Crippen LogP contribution in [-0.2, 0) is 0 Å². The molecule has 1 heterocycles. The Labute approximate surface area is 66.8 Å². The molecule has 3 fully saturated rings. The molecule has 56 valence electrons. The predicted molar refractivity (Wildman–Crippen MR) is 45.2 cm³/mol. The molecule has 10 heavy (non-hydrogen) atoms. The van der Waals surface area contributed by atoms with Crippen LogP contribution in [0.5, 0.6) is 0 Å². The fraction of sp³-hybridized carbons (Fsp3) is 1.00. The van der Waals surface area contributed by atoms with Crippen LogP contribution in [0.3, 0.4) is 0 Å². The highest BCUT2D eigenvalue weighted by Crippen LogP contribution is 2.57. The first-order valence-corrected chi connectivity index (χ1v) is 5.61. The third-order valence-electron chi connectivity index (χ3n) is 3.77. The van der Waals surface area contributed by atoms with Crippen molar-refractivity contribution in [2.75, 3.05) is 5.75 Å². The molecule has 2 aliphatic carbocycles. The van der Waals surface area contributed by atoms with Gasteiger partial charge in [-0.15, -0.1) is 0 Å². The fourth-order valence-electron chi connectivity index (χ4n) is 3.36. The van der Waals surface area contributed by atoms with Gasteiger partial charge in [0.25, 0.3) is 0 Å². The minimum atomic E-state index is 1.12. The normalized spacial score (nSPS) is 57.6. The highest BCUT2D eigenvalue weighted by atomic mass is 32.2. The third kappa shape index (κ3) is 0.603. The number of fused-ring (bicyclic) bond motifs is 5. The van der Waals surface area contributed by atoms with Crippen LogP contribution in [0, 0.1) is 17.8 Å². The zero-order chi connectivity index (χ0) is 6.55. The van der Waals surface area contributed by atoms with Crippen LogP contribution in [0.15, 0.2) is 0 Å². The molecule has 1 heteroatoms. The van der Waals surface area contributed by atoms with Gasteiger partial charge >= 0.3 is 0 Å². The van der Waals surface area contributed by atoms with Crippen molar-refractivity contribution in [1.82, 2.24) is 0 Å². The molecule has 2 saturated carbocycles. The van der Waals surface area contributed by atoms with Crippen molar-refractivity contribution < 1.29 is 0 Å². The smallest absolute Gasteiger partial charge is 0.0107 e. The molecule has 3 aliphatic rings. The molecule has 0 aromatic carbocycles. The lowest BCUT2D eigenvalue weighted by atomic mass is 9.87. The van der Waals surface area contributed by atoms with E-state index in [4.69, 9.17) is 0 Å². The highest BCUT2D eigenvalue weighted by Gasteiger charge is 2.49. The van der Waals surface area contributed by atoms with Crippen LogP contribution in [0.4, 0.5) is 0 Å². The van der Waals surface area contributed by atoms with Crippen LogP contribution in [0.1, 0.15) is 25.7 Å². The molecule has 0 amide bonds. The quantitative estimate of drug-likeness (QED) is 0.516. The summed E-state index contributed by atoms with van der Waals surface area (Å²) in [6, 6.07) is 0. The van der Waals surface area contributed by atoms with Gasteiger partial charge in [-0.25, -0.2) is 0 Å². The maximum Gasteiger partial charge on any atom is 0.0107 e. The van der Waals surface area contributed by atoms with Gasteiger partial charge in [0.05, 0.1) is 0 Å². The molecule has 0 unspecified atom stereocenters. The van der Waals surface area contributed by atoms with Crippen LogP contribution >= 0.6 is 11.8 Å². The van der Waals surface area contributed by atoms with Crippen molar-refractivity contribution in [3.05, 3.63) is 0 Å². The highest BCUT2D eigenvalue weighted by molar-refractivity contribution is 8.00. The average Bonchev–Trinajstić information content (AvgIpc) is 2.60. The van der Waals surface area contributed by atoms with E-state index in [2.05, 4.69) is 11.8 Å². The summed E-state index contributed by atoms with van der Waals surface area (Å²) in [5, 5.41) is 1.12. The van der Waals surface area contributed by atoms with E-state index in [1.807, 2.05) is 0 Å². The van der Waals surface area contributed by atoms with Crippen molar-refractivity contribution in [2.45, 2.75) is 30.9 Å². The van der Waals surface area contributed by atoms with Gasteiger partial charge in [0.15, 0.2) is 0 Å². The molecule has 0 radical (unpaired) electrons. The molecule has 1 saturated heterocycles. The summed E-state index contributed by atoms with van der Waals surface area (Å²) < 4.78 is 0. The minimum absolute atomic E-state index is 1.12. The van der Waals surface area contributed by atoms with E-state index in [1.165, 1.54) is 17.6 Å². The van der Waals surface area contributed by atoms with Gasteiger partial charge in [0.2, 0.25) is 0 Å². The van der Waals surface area contributed by atoms with E-state index in [1.54, 1.807) is 25.7 Å². The molecule has 0 spiro atoms. The SMILES string of the molecule is C1C[C@@H]2[C@H]3CC[C@H](C3)[C@@H]2S1. The number of hydrogen-bond acceptors (Lipinski definition) is 1. The lowest BCUT2D eigenvalue weighted by molar-refractivity contribution is 0.350. The summed E-state index contributed by atoms with van der Waals surface area (Å²) in [7, 11) is 0. The largest absolute Gasteiger partial charge is 0.158 e. The van der Waals surface area contributed by atoms with Gasteiger partial charge in [-0.2, -0.15) is 11.8 Å². The summed E-state index contributed by atoms with van der Waals surface area (Å²) >= 11 is 2.28. The van der Waals surface area contributed by atoms with Crippen molar-refractivity contribution >= 4 is 11.8 Å². The fourth-order valence-corrected chi connectivity index (χ4v) is 5.16. The Kier molecular flexibility index (Phi) is 1.15. The van der Waals surface area contributed by atoms with Crippen molar-refractivity contribution in [1.29, 1.82) is 0 Å². The van der Waals surface area contributed by atoms with E-state index in [0.717, 1.165) is 11.2 Å². The molecule has 4 atom stereocenters. The van der Waals surface area contributed by atoms with E-state index in [-0.39, 0.29) is 0 Å². The van der Waals surface area contributed by atoms with Crippen molar-refractivity contribution in [2.24, 2.45) is 17.8 Å². The van der Waals surface area contributed by atoms with Gasteiger partial charge in [0, 0.05) is 5.25 Å². The summed E-state index contributed by atoms with van der Waals surface area (Å²) in [5.74, 6) is 4.97. The van der Waals surface area contributed by atoms with Crippen LogP contribution in [0.2, 0.25) is 0 Å². The first-order valence-electron chi connectivity index (χ1n) is 4.57. The van der Waals surface area contributed by atoms with Gasteiger partial charge in [-0.1, -0.05) is 0 Å². The topological polar surface area (TPSA) is 0 Å². The summed E-state index contributed by atoms with van der Waals surface area (Å²) in [6.07, 6.45) is 6.30. The third-order valence-corrected chi connectivity index (χ3v) is 5.36. The summed E-state index contributed by atoms with van der Waals surface area (Å²) in [5.41, 5.74) is 0. The summed E-state index contributed by atoms with van der Waals surface area (Å²) in [4.78, 5) is 0. The average molecular weight is 154 g/mol. The maximum absolute atomic E-state index is 2.28. The molecule has 3 rings (SSSR count). The first kappa shape index (κ1) is 5.93. The van der Waals surface area contributed by atoms with Gasteiger partial charge in [-0.05, 0) is 49.2 Å². The van der Waals surface area contributed by atoms with Crippen LogP contribution in [0.25, 0.3) is 0 Å². The van der Waals surface area contributed by atoms with Crippen molar-refractivity contribution in [3.8, 4) is 0 Å². The molecule has 0 aromatic heterocycles. The molecule has 0 aromatic rings. The Morgan fingerprint density at radius 2 is 1.90 bits per heavy atom. The second kappa shape index (κ2) is 1.94. The first-order chi connectivity index (χ1) is 4.95. The maximum atomic E-state index is 2.28. The second-order valence-corrected chi connectivity index (χ2v) is 5.41. The number of rotatable bonds is 0. The van der Waals surface area contributed by atoms with Crippen LogP contribution < -0.4 is 0 Å². The van der Waals surface area contributed by atoms with Crippen LogP contribution in [-0.4, -0.2) is 11.0 Å². The Hall–Kier alpha value is 0.350. The molecular formula is C9H14S. The van der Waals surface area contributed by atoms with Gasteiger partial charge in [-0.3, -0.25) is 0 Å². The lowest BCUT2D eigenvalue weighted by Gasteiger charge is -2.22. The van der Waals surface area contributed by atoms with Gasteiger partial charge < -0.3 is 0 Å². The standard InChI is InChI=1S/C9H14S/c1-2-7-5-6(1)8-3-4-10-9(7)8/h6-9H,1-5H2/t6-,7+,8+,9-/m0/s1. The van der Waals surface area contributed by atoms with Crippen molar-refractivity contribution in [3.63, 3.8) is 0 Å². The van der Waals surface area contributed by atoms with E-state index in [9.17, 15) is 0 Å². The minimum Gasteiger partial charge on any atom is -0.158 e. The molecule has 0 N–H and O–H groups in total. The predicted octanol–water partition coefficient (Wildman–Crippen LogP) is 2.54. The second-order valence-electron chi connectivity index (χ2n) is 4.12. The Morgan fingerprint density at radius 3 is 2.80 bits per heavy atom. The molecule has 2 bridgehead atoms. The van der Waals surface area contributed by atoms with E-state index in [0.29, 0.717) is 0 Å². The Bertz CT molecular complexity index is 139. The van der Waals surface area contributed by atoms with Gasteiger partial charge in [0.1, 0.15) is 0 Å². The zero-order valence-corrected chi connectivity index (χ0v) is 7.07. The molecule has 1 aliphatic heterocycles. The van der Waals surface area contributed by atoms with E-state index >= 15 is 0 Å². The number of hydrogen-bond donors (Lipinski definition) is 0. The summed E-state index contributed by atoms with van der Waals surface area (Å²) in [6.45, 7) is 0. The zero-order valence-electron chi connectivity index (χ0n) is 6.25. The Morgan fingerprint density at radius 1 is 1.00 bits per heavy atom. The monoisotopic (exact) mass is 154 g/mol. The number of thioether (sulfide) groups is 1. The lowest BCUT2D eigenvalue weighted by Crippen LogP contribution is -2.19. The molecule has 0 nitrogen and oxygen atoms in total.